The minimum Gasteiger partial charge on any atom is -0.497 e. The smallest absolute Gasteiger partial charge is 0.416 e. The summed E-state index contributed by atoms with van der Waals surface area (Å²) >= 11 is 0. The van der Waals surface area contributed by atoms with Crippen LogP contribution in [0.15, 0.2) is 48.5 Å². The van der Waals surface area contributed by atoms with Gasteiger partial charge in [-0.2, -0.15) is 13.2 Å². The monoisotopic (exact) mass is 423 g/mol. The van der Waals surface area contributed by atoms with Gasteiger partial charge in [-0.3, -0.25) is 9.59 Å². The number of rotatable bonds is 9. The predicted octanol–water partition coefficient (Wildman–Crippen LogP) is 4.24. The number of hydrogen-bond donors (Lipinski definition) is 0. The second-order valence-electron chi connectivity index (χ2n) is 6.60. The van der Waals surface area contributed by atoms with Crippen molar-refractivity contribution in [1.82, 2.24) is 4.90 Å². The van der Waals surface area contributed by atoms with Crippen LogP contribution >= 0.6 is 0 Å². The lowest BCUT2D eigenvalue weighted by molar-refractivity contribution is -0.149. The van der Waals surface area contributed by atoms with Gasteiger partial charge in [0.05, 0.1) is 19.3 Å². The summed E-state index contributed by atoms with van der Waals surface area (Å²) < 4.78 is 48.2. The Balaban J connectivity index is 2.06. The van der Waals surface area contributed by atoms with Gasteiger partial charge >= 0.3 is 12.1 Å². The van der Waals surface area contributed by atoms with E-state index in [0.717, 1.165) is 17.7 Å². The highest BCUT2D eigenvalue weighted by atomic mass is 19.4. The predicted molar refractivity (Wildman–Crippen MR) is 105 cm³/mol. The molecular weight excluding hydrogens is 399 g/mol. The second-order valence-corrected chi connectivity index (χ2v) is 6.60. The fraction of sp³-hybridized carbons (Fsp3) is 0.364. The maximum Gasteiger partial charge on any atom is 0.416 e. The van der Waals surface area contributed by atoms with Gasteiger partial charge < -0.3 is 14.4 Å². The molecule has 0 saturated carbocycles. The van der Waals surface area contributed by atoms with E-state index in [1.54, 1.807) is 26.2 Å². The number of methoxy groups -OCH3 is 1. The van der Waals surface area contributed by atoms with Crippen LogP contribution in [0.2, 0.25) is 0 Å². The standard InChI is InChI=1S/C22H24F3NO4/c1-3-30-21(28)15-26(14-17-4-9-18(10-5-17)22(23,24)25)20(27)13-8-16-6-11-19(29-2)12-7-16/h4-7,9-12H,3,8,13-15H2,1-2H3. The number of hydrogen-bond acceptors (Lipinski definition) is 4. The number of amides is 1. The first-order valence-corrected chi connectivity index (χ1v) is 9.45. The summed E-state index contributed by atoms with van der Waals surface area (Å²) in [7, 11) is 1.56. The zero-order chi connectivity index (χ0) is 22.1. The lowest BCUT2D eigenvalue weighted by Crippen LogP contribution is -2.36. The van der Waals surface area contributed by atoms with Crippen LogP contribution in [0.4, 0.5) is 13.2 Å². The molecule has 0 N–H and O–H groups in total. The van der Waals surface area contributed by atoms with Crippen LogP contribution < -0.4 is 4.74 Å². The molecule has 0 unspecified atom stereocenters. The first kappa shape index (κ1) is 23.3. The molecule has 1 amide bonds. The summed E-state index contributed by atoms with van der Waals surface area (Å²) in [5, 5.41) is 0. The maximum atomic E-state index is 12.7. The normalized spacial score (nSPS) is 11.1. The number of benzene rings is 2. The number of carbonyl (C=O) groups excluding carboxylic acids is 2. The molecule has 162 valence electrons. The van der Waals surface area contributed by atoms with E-state index in [4.69, 9.17) is 9.47 Å². The molecule has 0 aliphatic carbocycles. The molecule has 0 saturated heterocycles. The molecular formula is C22H24F3NO4. The molecule has 0 heterocycles. The second kappa shape index (κ2) is 10.7. The molecule has 2 aromatic carbocycles. The van der Waals surface area contributed by atoms with E-state index in [1.807, 2.05) is 12.1 Å². The van der Waals surface area contributed by atoms with Crippen LogP contribution in [0.5, 0.6) is 5.75 Å². The lowest BCUT2D eigenvalue weighted by Gasteiger charge is -2.22. The third-order valence-electron chi connectivity index (χ3n) is 4.42. The average Bonchev–Trinajstić information content (AvgIpc) is 2.72. The van der Waals surface area contributed by atoms with Crippen molar-refractivity contribution in [3.05, 3.63) is 65.2 Å². The van der Waals surface area contributed by atoms with E-state index < -0.39 is 17.7 Å². The van der Waals surface area contributed by atoms with Crippen LogP contribution in [-0.4, -0.2) is 37.0 Å². The highest BCUT2D eigenvalue weighted by Crippen LogP contribution is 2.29. The molecule has 2 rings (SSSR count). The van der Waals surface area contributed by atoms with Gasteiger partial charge in [0.25, 0.3) is 0 Å². The molecule has 8 heteroatoms. The number of nitrogens with zero attached hydrogens (tertiary/aromatic N) is 1. The summed E-state index contributed by atoms with van der Waals surface area (Å²) in [6, 6.07) is 11.8. The number of aryl methyl sites for hydroxylation is 1. The molecule has 2 aromatic rings. The van der Waals surface area contributed by atoms with Gasteiger partial charge in [-0.1, -0.05) is 24.3 Å². The van der Waals surface area contributed by atoms with E-state index in [9.17, 15) is 22.8 Å². The molecule has 0 bridgehead atoms. The van der Waals surface area contributed by atoms with Crippen molar-refractivity contribution in [2.24, 2.45) is 0 Å². The van der Waals surface area contributed by atoms with Gasteiger partial charge in [0.15, 0.2) is 0 Å². The molecule has 0 aliphatic rings. The van der Waals surface area contributed by atoms with Crippen molar-refractivity contribution < 1.29 is 32.2 Å². The van der Waals surface area contributed by atoms with E-state index in [0.29, 0.717) is 17.7 Å². The summed E-state index contributed by atoms with van der Waals surface area (Å²) in [6.07, 6.45) is -3.83. The average molecular weight is 423 g/mol. The van der Waals surface area contributed by atoms with E-state index in [1.165, 1.54) is 17.0 Å². The lowest BCUT2D eigenvalue weighted by atomic mass is 10.1. The zero-order valence-corrected chi connectivity index (χ0v) is 16.9. The van der Waals surface area contributed by atoms with Crippen molar-refractivity contribution in [3.8, 4) is 5.75 Å². The first-order valence-electron chi connectivity index (χ1n) is 9.45. The fourth-order valence-corrected chi connectivity index (χ4v) is 2.82. The third kappa shape index (κ3) is 7.09. The molecule has 0 spiro atoms. The van der Waals surface area contributed by atoms with Gasteiger partial charge in [0.1, 0.15) is 12.3 Å². The summed E-state index contributed by atoms with van der Waals surface area (Å²) in [5.41, 5.74) is 0.647. The number of esters is 1. The molecule has 30 heavy (non-hydrogen) atoms. The largest absolute Gasteiger partial charge is 0.497 e. The highest BCUT2D eigenvalue weighted by molar-refractivity contribution is 5.82. The Morgan fingerprint density at radius 2 is 1.57 bits per heavy atom. The van der Waals surface area contributed by atoms with Crippen LogP contribution in [0.3, 0.4) is 0 Å². The van der Waals surface area contributed by atoms with Crippen molar-refractivity contribution in [2.75, 3.05) is 20.3 Å². The Bertz CT molecular complexity index is 833. The number of alkyl halides is 3. The van der Waals surface area contributed by atoms with Crippen LogP contribution in [0.25, 0.3) is 0 Å². The van der Waals surface area contributed by atoms with Gasteiger partial charge in [-0.25, -0.2) is 0 Å². The molecule has 5 nitrogen and oxygen atoms in total. The summed E-state index contributed by atoms with van der Waals surface area (Å²) in [4.78, 5) is 25.9. The minimum atomic E-state index is -4.43. The number of carbonyl (C=O) groups is 2. The Labute approximate surface area is 173 Å². The SMILES string of the molecule is CCOC(=O)CN(Cc1ccc(C(F)(F)F)cc1)C(=O)CCc1ccc(OC)cc1. The number of ether oxygens (including phenoxy) is 2. The van der Waals surface area contributed by atoms with Crippen LogP contribution in [0.1, 0.15) is 30.0 Å². The maximum absolute atomic E-state index is 12.7. The highest BCUT2D eigenvalue weighted by Gasteiger charge is 2.30. The molecule has 0 aromatic heterocycles. The van der Waals surface area contributed by atoms with E-state index in [2.05, 4.69) is 0 Å². The molecule has 0 fully saturated rings. The van der Waals surface area contributed by atoms with Gasteiger partial charge in [-0.05, 0) is 48.7 Å². The Morgan fingerprint density at radius 3 is 2.10 bits per heavy atom. The van der Waals surface area contributed by atoms with Gasteiger partial charge in [0.2, 0.25) is 5.91 Å². The number of halogens is 3. The van der Waals surface area contributed by atoms with Crippen molar-refractivity contribution in [2.45, 2.75) is 32.5 Å². The zero-order valence-electron chi connectivity index (χ0n) is 16.9. The quantitative estimate of drug-likeness (QED) is 0.566. The van der Waals surface area contributed by atoms with Gasteiger partial charge in [-0.15, -0.1) is 0 Å². The molecule has 0 atom stereocenters. The summed E-state index contributed by atoms with van der Waals surface area (Å²) in [5.74, 6) is -0.155. The summed E-state index contributed by atoms with van der Waals surface area (Å²) in [6.45, 7) is 1.57. The topological polar surface area (TPSA) is 55.8 Å². The van der Waals surface area contributed by atoms with Crippen molar-refractivity contribution in [3.63, 3.8) is 0 Å². The molecule has 0 aliphatic heterocycles. The Kier molecular flexibility index (Phi) is 8.26. The minimum absolute atomic E-state index is 0.0123. The molecule has 0 radical (unpaired) electrons. The van der Waals surface area contributed by atoms with E-state index >= 15 is 0 Å². The van der Waals surface area contributed by atoms with Crippen LogP contribution in [-0.2, 0) is 33.5 Å². The third-order valence-corrected chi connectivity index (χ3v) is 4.42. The first-order chi connectivity index (χ1) is 14.2. The van der Waals surface area contributed by atoms with E-state index in [-0.39, 0.29) is 32.0 Å². The Hall–Kier alpha value is -3.03. The fourth-order valence-electron chi connectivity index (χ4n) is 2.82. The van der Waals surface area contributed by atoms with Crippen molar-refractivity contribution >= 4 is 11.9 Å². The Morgan fingerprint density at radius 1 is 0.967 bits per heavy atom. The van der Waals surface area contributed by atoms with Gasteiger partial charge in [0, 0.05) is 13.0 Å². The van der Waals surface area contributed by atoms with Crippen molar-refractivity contribution in [1.29, 1.82) is 0 Å². The van der Waals surface area contributed by atoms with Crippen LogP contribution in [0, 0.1) is 0 Å².